The van der Waals surface area contributed by atoms with E-state index in [0.717, 1.165) is 24.2 Å². The van der Waals surface area contributed by atoms with Crippen LogP contribution in [-0.2, 0) is 17.8 Å². The molecule has 0 radical (unpaired) electrons. The zero-order valence-electron chi connectivity index (χ0n) is 12.2. The number of imidazole rings is 1. The van der Waals surface area contributed by atoms with Crippen molar-refractivity contribution in [3.05, 3.63) is 48.0 Å². The lowest BCUT2D eigenvalue weighted by molar-refractivity contribution is -0.116. The highest BCUT2D eigenvalue weighted by Crippen LogP contribution is 2.23. The number of aromatic nitrogens is 2. The lowest BCUT2D eigenvalue weighted by Gasteiger charge is -2.17. The van der Waals surface area contributed by atoms with Gasteiger partial charge in [0.15, 0.2) is 0 Å². The number of anilines is 1. The number of benzene rings is 1. The molecule has 2 N–H and O–H groups in total. The van der Waals surface area contributed by atoms with Crippen LogP contribution < -0.4 is 10.6 Å². The molecule has 2 heterocycles. The summed E-state index contributed by atoms with van der Waals surface area (Å²) in [5, 5.41) is 5.73. The molecule has 114 valence electrons. The highest BCUT2D eigenvalue weighted by atomic mass is 16.2. The van der Waals surface area contributed by atoms with Crippen LogP contribution in [0.5, 0.6) is 0 Å². The predicted octanol–water partition coefficient (Wildman–Crippen LogP) is 1.59. The average molecular weight is 298 g/mol. The largest absolute Gasteiger partial charge is 0.352 e. The summed E-state index contributed by atoms with van der Waals surface area (Å²) in [4.78, 5) is 27.4. The van der Waals surface area contributed by atoms with Crippen molar-refractivity contribution in [3.8, 4) is 0 Å². The van der Waals surface area contributed by atoms with Gasteiger partial charge in [-0.15, -0.1) is 0 Å². The number of rotatable bonds is 5. The van der Waals surface area contributed by atoms with E-state index in [0.29, 0.717) is 24.9 Å². The van der Waals surface area contributed by atoms with Crippen LogP contribution in [0.1, 0.15) is 28.8 Å². The number of nitrogens with one attached hydrogen (secondary N) is 2. The Kier molecular flexibility index (Phi) is 4.18. The molecule has 2 amide bonds. The van der Waals surface area contributed by atoms with E-state index >= 15 is 0 Å². The molecule has 0 unspecified atom stereocenters. The molecule has 0 aliphatic carbocycles. The Morgan fingerprint density at radius 2 is 2.27 bits per heavy atom. The number of carbonyl (C=O) groups excluding carboxylic acids is 2. The van der Waals surface area contributed by atoms with Crippen molar-refractivity contribution in [2.24, 2.45) is 0 Å². The van der Waals surface area contributed by atoms with Crippen molar-refractivity contribution in [1.29, 1.82) is 0 Å². The van der Waals surface area contributed by atoms with Gasteiger partial charge in [-0.1, -0.05) is 0 Å². The molecule has 1 aromatic carbocycles. The molecule has 6 nitrogen and oxygen atoms in total. The summed E-state index contributed by atoms with van der Waals surface area (Å²) in [6.45, 7) is 1.45. The van der Waals surface area contributed by atoms with E-state index in [9.17, 15) is 9.59 Å². The van der Waals surface area contributed by atoms with Crippen molar-refractivity contribution >= 4 is 17.5 Å². The maximum Gasteiger partial charge on any atom is 0.251 e. The number of hydrogen-bond acceptors (Lipinski definition) is 3. The molecular weight excluding hydrogens is 280 g/mol. The van der Waals surface area contributed by atoms with E-state index < -0.39 is 0 Å². The number of nitrogens with zero attached hydrogens (tertiary/aromatic N) is 2. The summed E-state index contributed by atoms with van der Waals surface area (Å²) in [5.74, 6) is -0.0467. The van der Waals surface area contributed by atoms with Crippen molar-refractivity contribution in [2.75, 3.05) is 11.9 Å². The third-order valence-electron chi connectivity index (χ3n) is 3.70. The first-order chi connectivity index (χ1) is 10.7. The Balaban J connectivity index is 1.53. The summed E-state index contributed by atoms with van der Waals surface area (Å²) in [7, 11) is 0. The molecule has 0 atom stereocenters. The van der Waals surface area contributed by atoms with Crippen LogP contribution in [0.4, 0.5) is 5.69 Å². The molecule has 22 heavy (non-hydrogen) atoms. The SMILES string of the molecule is O=C1CCc2cc(C(=O)NCCCn3ccnc3)ccc2N1. The van der Waals surface area contributed by atoms with E-state index in [4.69, 9.17) is 0 Å². The van der Waals surface area contributed by atoms with Crippen LogP contribution in [0, 0.1) is 0 Å². The van der Waals surface area contributed by atoms with Crippen molar-refractivity contribution in [3.63, 3.8) is 0 Å². The van der Waals surface area contributed by atoms with Crippen molar-refractivity contribution in [1.82, 2.24) is 14.9 Å². The number of amides is 2. The molecule has 3 rings (SSSR count). The third kappa shape index (κ3) is 3.33. The zero-order chi connectivity index (χ0) is 15.4. The minimum Gasteiger partial charge on any atom is -0.352 e. The van der Waals surface area contributed by atoms with Crippen LogP contribution in [-0.4, -0.2) is 27.9 Å². The molecule has 1 aromatic heterocycles. The molecule has 0 bridgehead atoms. The molecule has 6 heteroatoms. The van der Waals surface area contributed by atoms with E-state index in [1.165, 1.54) is 0 Å². The smallest absolute Gasteiger partial charge is 0.251 e. The van der Waals surface area contributed by atoms with Gasteiger partial charge in [0.05, 0.1) is 6.33 Å². The van der Waals surface area contributed by atoms with Crippen LogP contribution in [0.3, 0.4) is 0 Å². The topological polar surface area (TPSA) is 76.0 Å². The minimum absolute atomic E-state index is 0.0317. The molecule has 0 saturated carbocycles. The second-order valence-corrected chi connectivity index (χ2v) is 5.33. The van der Waals surface area contributed by atoms with Gasteiger partial charge < -0.3 is 15.2 Å². The van der Waals surface area contributed by atoms with E-state index in [1.54, 1.807) is 24.7 Å². The molecule has 2 aromatic rings. The van der Waals surface area contributed by atoms with E-state index in [2.05, 4.69) is 15.6 Å². The van der Waals surface area contributed by atoms with Gasteiger partial charge in [0.1, 0.15) is 0 Å². The standard InChI is InChI=1S/C16H18N4O2/c21-15-5-3-12-10-13(2-4-14(12)19-15)16(22)18-6-1-8-20-9-7-17-11-20/h2,4,7,9-11H,1,3,5-6,8H2,(H,18,22)(H,19,21). The Morgan fingerprint density at radius 3 is 3.09 bits per heavy atom. The van der Waals surface area contributed by atoms with Crippen LogP contribution in [0.15, 0.2) is 36.9 Å². The third-order valence-corrected chi connectivity index (χ3v) is 3.70. The highest BCUT2D eigenvalue weighted by Gasteiger charge is 2.16. The maximum atomic E-state index is 12.1. The molecule has 0 spiro atoms. The summed E-state index contributed by atoms with van der Waals surface area (Å²) < 4.78 is 1.98. The van der Waals surface area contributed by atoms with E-state index in [-0.39, 0.29) is 11.8 Å². The average Bonchev–Trinajstić information content (AvgIpc) is 3.04. The molecule has 1 aliphatic rings. The summed E-state index contributed by atoms with van der Waals surface area (Å²) in [5.41, 5.74) is 2.47. The lowest BCUT2D eigenvalue weighted by Crippen LogP contribution is -2.26. The Morgan fingerprint density at radius 1 is 1.36 bits per heavy atom. The maximum absolute atomic E-state index is 12.1. The van der Waals surface area contributed by atoms with Crippen LogP contribution >= 0.6 is 0 Å². The summed E-state index contributed by atoms with van der Waals surface area (Å²) in [6, 6.07) is 5.41. The Bertz CT molecular complexity index is 679. The number of hydrogen-bond donors (Lipinski definition) is 2. The van der Waals surface area contributed by atoms with Gasteiger partial charge in [0.2, 0.25) is 5.91 Å². The second kappa shape index (κ2) is 6.43. The zero-order valence-corrected chi connectivity index (χ0v) is 12.2. The Labute approximate surface area is 128 Å². The van der Waals surface area contributed by atoms with Crippen molar-refractivity contribution < 1.29 is 9.59 Å². The number of fused-ring (bicyclic) bond motifs is 1. The number of aryl methyl sites for hydroxylation is 2. The first-order valence-electron chi connectivity index (χ1n) is 7.39. The van der Waals surface area contributed by atoms with Gasteiger partial charge in [-0.25, -0.2) is 4.98 Å². The first kappa shape index (κ1) is 14.3. The molecule has 0 fully saturated rings. The fraction of sp³-hybridized carbons (Fsp3) is 0.312. The monoisotopic (exact) mass is 298 g/mol. The number of carbonyl (C=O) groups is 2. The van der Waals surface area contributed by atoms with Gasteiger partial charge in [0, 0.05) is 43.2 Å². The fourth-order valence-corrected chi connectivity index (χ4v) is 2.51. The van der Waals surface area contributed by atoms with Crippen LogP contribution in [0.2, 0.25) is 0 Å². The van der Waals surface area contributed by atoms with Gasteiger partial charge in [0.25, 0.3) is 5.91 Å². The van der Waals surface area contributed by atoms with Crippen LogP contribution in [0.25, 0.3) is 0 Å². The van der Waals surface area contributed by atoms with E-state index in [1.807, 2.05) is 16.8 Å². The first-order valence-corrected chi connectivity index (χ1v) is 7.39. The predicted molar refractivity (Wildman–Crippen MR) is 82.6 cm³/mol. The highest BCUT2D eigenvalue weighted by molar-refractivity contribution is 5.97. The van der Waals surface area contributed by atoms with Gasteiger partial charge >= 0.3 is 0 Å². The summed E-state index contributed by atoms with van der Waals surface area (Å²) in [6.07, 6.45) is 7.42. The molecular formula is C16H18N4O2. The summed E-state index contributed by atoms with van der Waals surface area (Å²) >= 11 is 0. The van der Waals surface area contributed by atoms with Crippen molar-refractivity contribution in [2.45, 2.75) is 25.8 Å². The molecule has 1 aliphatic heterocycles. The second-order valence-electron chi connectivity index (χ2n) is 5.33. The fourth-order valence-electron chi connectivity index (χ4n) is 2.51. The van der Waals surface area contributed by atoms with Gasteiger partial charge in [-0.2, -0.15) is 0 Å². The molecule has 0 saturated heterocycles. The Hall–Kier alpha value is -2.63. The quantitative estimate of drug-likeness (QED) is 0.823. The van der Waals surface area contributed by atoms with Gasteiger partial charge in [-0.05, 0) is 36.6 Å². The normalized spacial score (nSPS) is 13.4. The minimum atomic E-state index is -0.0784. The lowest BCUT2D eigenvalue weighted by atomic mass is 10.00. The van der Waals surface area contributed by atoms with Gasteiger partial charge in [-0.3, -0.25) is 9.59 Å².